The first-order valence-electron chi connectivity index (χ1n) is 9.51. The topological polar surface area (TPSA) is 132 Å². The molecule has 4 aliphatic rings. The molecule has 1 spiro atoms. The van der Waals surface area contributed by atoms with Gasteiger partial charge in [-0.15, -0.1) is 0 Å². The number of aliphatic hydroxyl groups excluding tert-OH is 1. The first-order valence-corrected chi connectivity index (χ1v) is 9.51. The third-order valence-corrected chi connectivity index (χ3v) is 8.60. The lowest BCUT2D eigenvalue weighted by Crippen LogP contribution is -2.53. The molecule has 8 unspecified atom stereocenters. The SMILES string of the molecule is C=C1CC23CC1(O)C(O)CC2C1(C=O)CCCC(C)(C(=O)O)C1C3C(=O)O. The Labute approximate surface area is 157 Å². The Morgan fingerprint density at radius 1 is 1.26 bits per heavy atom. The Hall–Kier alpha value is -1.73. The fraction of sp³-hybridized carbons (Fsp3) is 0.750. The van der Waals surface area contributed by atoms with Gasteiger partial charge in [0.15, 0.2) is 0 Å². The van der Waals surface area contributed by atoms with Crippen molar-refractivity contribution in [3.8, 4) is 0 Å². The molecule has 4 saturated carbocycles. The molecule has 0 saturated heterocycles. The fourth-order valence-corrected chi connectivity index (χ4v) is 7.59. The summed E-state index contributed by atoms with van der Waals surface area (Å²) in [7, 11) is 0. The summed E-state index contributed by atoms with van der Waals surface area (Å²) in [5.74, 6) is -4.66. The van der Waals surface area contributed by atoms with Gasteiger partial charge in [-0.05, 0) is 55.9 Å². The molecule has 4 rings (SSSR count). The summed E-state index contributed by atoms with van der Waals surface area (Å²) in [6.07, 6.45) is 1.18. The smallest absolute Gasteiger partial charge is 0.309 e. The number of carboxylic acid groups (broad SMARTS) is 2. The van der Waals surface area contributed by atoms with Crippen molar-refractivity contribution in [3.05, 3.63) is 12.2 Å². The van der Waals surface area contributed by atoms with E-state index in [2.05, 4.69) is 6.58 Å². The van der Waals surface area contributed by atoms with Crippen LogP contribution in [0.4, 0.5) is 0 Å². The van der Waals surface area contributed by atoms with Gasteiger partial charge in [0.1, 0.15) is 11.9 Å². The molecule has 4 aliphatic carbocycles. The van der Waals surface area contributed by atoms with E-state index in [1.54, 1.807) is 6.92 Å². The molecule has 0 radical (unpaired) electrons. The lowest BCUT2D eigenvalue weighted by atomic mass is 9.52. The second-order valence-corrected chi connectivity index (χ2v) is 9.52. The molecule has 0 aromatic carbocycles. The number of carboxylic acids is 2. The van der Waals surface area contributed by atoms with Crippen LogP contribution in [0, 0.1) is 34.0 Å². The molecule has 0 heterocycles. The van der Waals surface area contributed by atoms with E-state index >= 15 is 0 Å². The highest BCUT2D eigenvalue weighted by Gasteiger charge is 2.79. The van der Waals surface area contributed by atoms with Crippen molar-refractivity contribution in [3.63, 3.8) is 0 Å². The summed E-state index contributed by atoms with van der Waals surface area (Å²) in [4.78, 5) is 37.2. The van der Waals surface area contributed by atoms with Crippen LogP contribution in [-0.4, -0.2) is 50.4 Å². The van der Waals surface area contributed by atoms with Gasteiger partial charge < -0.3 is 25.2 Å². The van der Waals surface area contributed by atoms with Gasteiger partial charge in [0, 0.05) is 11.3 Å². The second kappa shape index (κ2) is 5.20. The Morgan fingerprint density at radius 2 is 1.93 bits per heavy atom. The Morgan fingerprint density at radius 3 is 2.48 bits per heavy atom. The van der Waals surface area contributed by atoms with Gasteiger partial charge in [-0.3, -0.25) is 9.59 Å². The normalized spacial score (nSPS) is 53.5. The van der Waals surface area contributed by atoms with Crippen LogP contribution in [0.25, 0.3) is 0 Å². The van der Waals surface area contributed by atoms with Crippen molar-refractivity contribution in [2.24, 2.45) is 34.0 Å². The Kier molecular flexibility index (Phi) is 3.59. The molecule has 27 heavy (non-hydrogen) atoms. The van der Waals surface area contributed by atoms with E-state index in [1.165, 1.54) is 0 Å². The van der Waals surface area contributed by atoms with Crippen LogP contribution in [0.15, 0.2) is 12.2 Å². The highest BCUT2D eigenvalue weighted by molar-refractivity contribution is 5.82. The molecule has 8 atom stereocenters. The lowest BCUT2D eigenvalue weighted by molar-refractivity contribution is -0.167. The van der Waals surface area contributed by atoms with E-state index in [0.29, 0.717) is 24.8 Å². The van der Waals surface area contributed by atoms with Gasteiger partial charge in [0.05, 0.1) is 17.4 Å². The molecule has 148 valence electrons. The number of hydrogen-bond acceptors (Lipinski definition) is 5. The number of aliphatic hydroxyl groups is 2. The maximum absolute atomic E-state index is 12.5. The van der Waals surface area contributed by atoms with Gasteiger partial charge in [-0.2, -0.15) is 0 Å². The zero-order valence-electron chi connectivity index (χ0n) is 15.4. The molecule has 0 aromatic heterocycles. The van der Waals surface area contributed by atoms with E-state index in [1.807, 2.05) is 0 Å². The first kappa shape index (κ1) is 18.6. The Balaban J connectivity index is 2.00. The quantitative estimate of drug-likeness (QED) is 0.429. The number of carbonyl (C=O) groups is 3. The summed E-state index contributed by atoms with van der Waals surface area (Å²) < 4.78 is 0. The summed E-state index contributed by atoms with van der Waals surface area (Å²) in [6, 6.07) is 0. The lowest BCUT2D eigenvalue weighted by Gasteiger charge is -2.50. The van der Waals surface area contributed by atoms with E-state index < -0.39 is 57.6 Å². The van der Waals surface area contributed by atoms with Crippen molar-refractivity contribution in [2.75, 3.05) is 0 Å². The third-order valence-electron chi connectivity index (χ3n) is 8.60. The number of hydrogen-bond donors (Lipinski definition) is 4. The van der Waals surface area contributed by atoms with Gasteiger partial charge in [-0.25, -0.2) is 0 Å². The molecule has 7 nitrogen and oxygen atoms in total. The van der Waals surface area contributed by atoms with Crippen molar-refractivity contribution in [2.45, 2.75) is 57.2 Å². The molecule has 4 fully saturated rings. The minimum Gasteiger partial charge on any atom is -0.481 e. The maximum Gasteiger partial charge on any atom is 0.309 e. The predicted octanol–water partition coefficient (Wildman–Crippen LogP) is 1.23. The molecule has 4 N–H and O–H groups in total. The van der Waals surface area contributed by atoms with E-state index in [0.717, 1.165) is 6.29 Å². The molecular weight excluding hydrogens is 352 g/mol. The van der Waals surface area contributed by atoms with Crippen LogP contribution in [-0.2, 0) is 14.4 Å². The van der Waals surface area contributed by atoms with Crippen LogP contribution >= 0.6 is 0 Å². The van der Waals surface area contributed by atoms with Crippen LogP contribution in [0.1, 0.15) is 45.4 Å². The number of carbonyl (C=O) groups excluding carboxylic acids is 1. The minimum atomic E-state index is -1.57. The van der Waals surface area contributed by atoms with Crippen LogP contribution in [0.5, 0.6) is 0 Å². The molecule has 7 heteroatoms. The largest absolute Gasteiger partial charge is 0.481 e. The monoisotopic (exact) mass is 378 g/mol. The zero-order chi connectivity index (χ0) is 20.0. The fourth-order valence-electron chi connectivity index (χ4n) is 7.59. The molecule has 2 bridgehead atoms. The predicted molar refractivity (Wildman–Crippen MR) is 92.6 cm³/mol. The summed E-state index contributed by atoms with van der Waals surface area (Å²) in [5, 5.41) is 41.8. The number of fused-ring (bicyclic) bond motifs is 3. The first-order chi connectivity index (χ1) is 12.5. The highest BCUT2D eigenvalue weighted by Crippen LogP contribution is 2.77. The van der Waals surface area contributed by atoms with Crippen molar-refractivity contribution in [1.82, 2.24) is 0 Å². The van der Waals surface area contributed by atoms with Crippen molar-refractivity contribution < 1.29 is 34.8 Å². The third kappa shape index (κ3) is 1.87. The van der Waals surface area contributed by atoms with E-state index in [9.17, 15) is 34.8 Å². The van der Waals surface area contributed by atoms with Gasteiger partial charge in [-0.1, -0.05) is 13.0 Å². The summed E-state index contributed by atoms with van der Waals surface area (Å²) >= 11 is 0. The standard InChI is InChI=1S/C20H26O7/c1-10-7-19-8-20(10,27)12(22)6-11(19)18(9-21)5-3-4-17(2,16(25)26)14(18)13(19)15(23)24/h9,11-14,22,27H,1,3-8H2,2H3,(H,23,24)(H,25,26). The van der Waals surface area contributed by atoms with Gasteiger partial charge in [0.25, 0.3) is 0 Å². The highest BCUT2D eigenvalue weighted by atomic mass is 16.4. The average Bonchev–Trinajstić information content (AvgIpc) is 2.97. The molecule has 0 amide bonds. The summed E-state index contributed by atoms with van der Waals surface area (Å²) in [5.41, 5.74) is -4.60. The molecule has 0 aliphatic heterocycles. The van der Waals surface area contributed by atoms with Gasteiger partial charge >= 0.3 is 11.9 Å². The van der Waals surface area contributed by atoms with Crippen molar-refractivity contribution in [1.29, 1.82) is 0 Å². The average molecular weight is 378 g/mol. The van der Waals surface area contributed by atoms with Crippen LogP contribution < -0.4 is 0 Å². The summed E-state index contributed by atoms with van der Waals surface area (Å²) in [6.45, 7) is 5.45. The number of rotatable bonds is 3. The number of aldehydes is 1. The Bertz CT molecular complexity index is 761. The second-order valence-electron chi connectivity index (χ2n) is 9.52. The van der Waals surface area contributed by atoms with Crippen LogP contribution in [0.3, 0.4) is 0 Å². The van der Waals surface area contributed by atoms with E-state index in [-0.39, 0.29) is 19.3 Å². The number of aliphatic carboxylic acids is 2. The minimum absolute atomic E-state index is 0.0173. The van der Waals surface area contributed by atoms with Crippen LogP contribution in [0.2, 0.25) is 0 Å². The zero-order valence-corrected chi connectivity index (χ0v) is 15.4. The maximum atomic E-state index is 12.5. The van der Waals surface area contributed by atoms with Crippen molar-refractivity contribution >= 4 is 18.2 Å². The molecule has 0 aromatic rings. The molecular formula is C20H26O7. The van der Waals surface area contributed by atoms with Gasteiger partial charge in [0.2, 0.25) is 0 Å². The van der Waals surface area contributed by atoms with E-state index in [4.69, 9.17) is 0 Å².